The van der Waals surface area contributed by atoms with E-state index < -0.39 is 28.3 Å². The van der Waals surface area contributed by atoms with Crippen LogP contribution in [-0.2, 0) is 17.4 Å². The van der Waals surface area contributed by atoms with Crippen molar-refractivity contribution in [2.45, 2.75) is 19.0 Å². The highest BCUT2D eigenvalue weighted by Gasteiger charge is 2.33. The number of oxazole rings is 1. The first kappa shape index (κ1) is 20.8. The third-order valence-corrected chi connectivity index (χ3v) is 4.04. The number of carbonyl (C=O) groups is 1. The predicted octanol–water partition coefficient (Wildman–Crippen LogP) is 4.34. The van der Waals surface area contributed by atoms with Crippen LogP contribution >= 0.6 is 0 Å². The highest BCUT2D eigenvalue weighted by atomic mass is 19.4. The molecule has 3 aromatic rings. The number of nitro benzene ring substituents is 1. The number of halogens is 3. The van der Waals surface area contributed by atoms with E-state index in [1.807, 2.05) is 30.3 Å². The number of nitrogens with zero attached hydrogens (tertiary/aromatic N) is 2. The van der Waals surface area contributed by atoms with Gasteiger partial charge >= 0.3 is 6.18 Å². The molecular weight excluding hydrogens is 405 g/mol. The molecule has 1 amide bonds. The van der Waals surface area contributed by atoms with Crippen LogP contribution in [0.1, 0.15) is 17.9 Å². The first-order valence-electron chi connectivity index (χ1n) is 8.64. The largest absolute Gasteiger partial charge is 0.441 e. The van der Waals surface area contributed by atoms with Crippen LogP contribution in [0.5, 0.6) is 0 Å². The van der Waals surface area contributed by atoms with Gasteiger partial charge in [0.05, 0.1) is 16.7 Å². The summed E-state index contributed by atoms with van der Waals surface area (Å²) in [4.78, 5) is 26.1. The molecule has 2 N–H and O–H groups in total. The number of hydrogen-bond acceptors (Lipinski definition) is 6. The number of nitrogens with one attached hydrogen (secondary N) is 2. The topological polar surface area (TPSA) is 110 Å². The summed E-state index contributed by atoms with van der Waals surface area (Å²) in [6.45, 7) is 0. The average molecular weight is 420 g/mol. The van der Waals surface area contributed by atoms with E-state index in [0.717, 1.165) is 11.6 Å². The fourth-order valence-corrected chi connectivity index (χ4v) is 2.55. The number of amides is 1. The minimum absolute atomic E-state index is 0.0593. The Kier molecular flexibility index (Phi) is 6.00. The zero-order valence-corrected chi connectivity index (χ0v) is 15.3. The molecule has 0 fully saturated rings. The number of carbonyl (C=O) groups excluding carboxylic acids is 1. The summed E-state index contributed by atoms with van der Waals surface area (Å²) < 4.78 is 43.7. The van der Waals surface area contributed by atoms with E-state index >= 15 is 0 Å². The van der Waals surface area contributed by atoms with Gasteiger partial charge in [0.15, 0.2) is 11.7 Å². The van der Waals surface area contributed by atoms with Gasteiger partial charge in [0, 0.05) is 24.5 Å². The summed E-state index contributed by atoms with van der Waals surface area (Å²) >= 11 is 0. The lowest BCUT2D eigenvalue weighted by Crippen LogP contribution is -2.30. The second kappa shape index (κ2) is 8.64. The van der Waals surface area contributed by atoms with Crippen molar-refractivity contribution in [1.29, 1.82) is 0 Å². The molecule has 2 aromatic carbocycles. The lowest BCUT2D eigenvalue weighted by Gasteiger charge is -2.11. The van der Waals surface area contributed by atoms with Crippen molar-refractivity contribution in [3.8, 4) is 11.3 Å². The Morgan fingerprint density at radius 2 is 1.90 bits per heavy atom. The smallest absolute Gasteiger partial charge is 0.416 e. The third kappa shape index (κ3) is 5.13. The minimum Gasteiger partial charge on any atom is -0.441 e. The molecule has 1 heterocycles. The van der Waals surface area contributed by atoms with Crippen molar-refractivity contribution in [3.05, 3.63) is 76.3 Å². The maximum atomic E-state index is 12.7. The van der Waals surface area contributed by atoms with Gasteiger partial charge in [-0.3, -0.25) is 25.8 Å². The number of rotatable bonds is 7. The highest BCUT2D eigenvalue weighted by molar-refractivity contribution is 5.78. The van der Waals surface area contributed by atoms with Crippen LogP contribution in [-0.4, -0.2) is 15.8 Å². The molecule has 0 spiro atoms. The van der Waals surface area contributed by atoms with E-state index in [2.05, 4.69) is 15.8 Å². The van der Waals surface area contributed by atoms with Crippen molar-refractivity contribution in [2.24, 2.45) is 0 Å². The summed E-state index contributed by atoms with van der Waals surface area (Å²) in [5, 5.41) is 11.0. The molecule has 0 radical (unpaired) electrons. The van der Waals surface area contributed by atoms with Crippen molar-refractivity contribution in [1.82, 2.24) is 10.4 Å². The molecule has 156 valence electrons. The van der Waals surface area contributed by atoms with Crippen molar-refractivity contribution in [3.63, 3.8) is 0 Å². The van der Waals surface area contributed by atoms with Crippen LogP contribution in [0.25, 0.3) is 11.3 Å². The average Bonchev–Trinajstić information content (AvgIpc) is 3.19. The number of anilines is 1. The quantitative estimate of drug-likeness (QED) is 0.435. The first-order valence-corrected chi connectivity index (χ1v) is 8.64. The van der Waals surface area contributed by atoms with E-state index in [0.29, 0.717) is 23.8 Å². The van der Waals surface area contributed by atoms with Crippen LogP contribution in [0.4, 0.5) is 24.5 Å². The molecule has 0 aliphatic heterocycles. The fourth-order valence-electron chi connectivity index (χ4n) is 2.55. The number of aryl methyl sites for hydroxylation is 1. The molecule has 0 atom stereocenters. The summed E-state index contributed by atoms with van der Waals surface area (Å²) in [6, 6.07) is 11.2. The Hall–Kier alpha value is -3.89. The summed E-state index contributed by atoms with van der Waals surface area (Å²) in [5.41, 5.74) is 3.08. The predicted molar refractivity (Wildman–Crippen MR) is 100 cm³/mol. The molecule has 0 saturated heterocycles. The molecule has 0 aliphatic carbocycles. The third-order valence-electron chi connectivity index (χ3n) is 4.04. The van der Waals surface area contributed by atoms with Gasteiger partial charge in [-0.2, -0.15) is 13.2 Å². The number of aromatic nitrogens is 1. The Bertz CT molecular complexity index is 1050. The Morgan fingerprint density at radius 3 is 2.57 bits per heavy atom. The van der Waals surface area contributed by atoms with Crippen LogP contribution in [0, 0.1) is 10.1 Å². The van der Waals surface area contributed by atoms with Crippen molar-refractivity contribution < 1.29 is 27.3 Å². The highest BCUT2D eigenvalue weighted by Crippen LogP contribution is 2.34. The minimum atomic E-state index is -4.72. The van der Waals surface area contributed by atoms with Crippen LogP contribution in [0.3, 0.4) is 0 Å². The van der Waals surface area contributed by atoms with Gasteiger partial charge in [0.2, 0.25) is 5.91 Å². The van der Waals surface area contributed by atoms with Gasteiger partial charge < -0.3 is 4.42 Å². The van der Waals surface area contributed by atoms with Gasteiger partial charge in [-0.15, -0.1) is 0 Å². The summed E-state index contributed by atoms with van der Waals surface area (Å²) in [7, 11) is 0. The van der Waals surface area contributed by atoms with E-state index in [-0.39, 0.29) is 18.5 Å². The van der Waals surface area contributed by atoms with Gasteiger partial charge in [0.1, 0.15) is 5.69 Å². The lowest BCUT2D eigenvalue weighted by molar-refractivity contribution is -0.384. The molecule has 0 bridgehead atoms. The second-order valence-corrected chi connectivity index (χ2v) is 6.14. The Morgan fingerprint density at radius 1 is 1.17 bits per heavy atom. The number of hydrazine groups is 1. The molecule has 1 aromatic heterocycles. The molecule has 0 unspecified atom stereocenters. The fraction of sp³-hybridized carbons (Fsp3) is 0.158. The van der Waals surface area contributed by atoms with Crippen LogP contribution < -0.4 is 10.9 Å². The molecule has 0 aliphatic rings. The van der Waals surface area contributed by atoms with Gasteiger partial charge in [-0.05, 0) is 12.1 Å². The van der Waals surface area contributed by atoms with E-state index in [1.165, 1.54) is 6.20 Å². The van der Waals surface area contributed by atoms with E-state index in [4.69, 9.17) is 4.42 Å². The van der Waals surface area contributed by atoms with Crippen molar-refractivity contribution in [2.75, 3.05) is 5.43 Å². The second-order valence-electron chi connectivity index (χ2n) is 6.14. The zero-order chi connectivity index (χ0) is 21.7. The summed E-state index contributed by atoms with van der Waals surface area (Å²) in [5.74, 6) is 0.317. The molecule has 8 nitrogen and oxygen atoms in total. The number of nitro groups is 1. The summed E-state index contributed by atoms with van der Waals surface area (Å²) in [6.07, 6.45) is -3.08. The molecular formula is C19H15F3N4O4. The van der Waals surface area contributed by atoms with Gasteiger partial charge in [-0.25, -0.2) is 4.98 Å². The standard InChI is InChI=1S/C19H15F3N4O4/c20-19(21,22)13-6-7-14(15(10-13)26(28)29)24-25-17(27)8-9-18-23-11-16(30-18)12-4-2-1-3-5-12/h1-7,10-11,24H,8-9H2,(H,25,27). The number of alkyl halides is 3. The van der Waals surface area contributed by atoms with Crippen LogP contribution in [0.15, 0.2) is 59.1 Å². The number of hydrogen-bond donors (Lipinski definition) is 2. The SMILES string of the molecule is O=C(CCc1ncc(-c2ccccc2)o1)NNc1ccc(C(F)(F)F)cc1[N+](=O)[O-]. The van der Waals surface area contributed by atoms with Crippen molar-refractivity contribution >= 4 is 17.3 Å². The maximum absolute atomic E-state index is 12.7. The monoisotopic (exact) mass is 420 g/mol. The van der Waals surface area contributed by atoms with Gasteiger partial charge in [-0.1, -0.05) is 30.3 Å². The normalized spacial score (nSPS) is 11.2. The molecule has 30 heavy (non-hydrogen) atoms. The van der Waals surface area contributed by atoms with Crippen LogP contribution in [0.2, 0.25) is 0 Å². The van der Waals surface area contributed by atoms with E-state index in [1.54, 1.807) is 0 Å². The lowest BCUT2D eigenvalue weighted by atomic mass is 10.1. The Balaban J connectivity index is 1.57. The zero-order valence-electron chi connectivity index (χ0n) is 15.3. The molecule has 11 heteroatoms. The Labute approximate surface area is 167 Å². The first-order chi connectivity index (χ1) is 14.2. The number of benzene rings is 2. The van der Waals surface area contributed by atoms with E-state index in [9.17, 15) is 28.1 Å². The molecule has 3 rings (SSSR count). The van der Waals surface area contributed by atoms with Gasteiger partial charge in [0.25, 0.3) is 5.69 Å². The maximum Gasteiger partial charge on any atom is 0.416 e. The molecule has 0 saturated carbocycles.